The minimum atomic E-state index is -0.749. The number of fused-ring (bicyclic) bond motifs is 1. The summed E-state index contributed by atoms with van der Waals surface area (Å²) in [4.78, 5) is 23.8. The van der Waals surface area contributed by atoms with Crippen molar-refractivity contribution in [2.24, 2.45) is 0 Å². The molecule has 1 heterocycles. The third kappa shape index (κ3) is 3.66. The van der Waals surface area contributed by atoms with E-state index in [4.69, 9.17) is 0 Å². The Labute approximate surface area is 141 Å². The van der Waals surface area contributed by atoms with Gasteiger partial charge in [0.15, 0.2) is 0 Å². The maximum atomic E-state index is 12.0. The van der Waals surface area contributed by atoms with Crippen LogP contribution in [-0.2, 0) is 16.0 Å². The van der Waals surface area contributed by atoms with Gasteiger partial charge in [0.1, 0.15) is 16.8 Å². The maximum absolute atomic E-state index is 12.0. The predicted octanol–water partition coefficient (Wildman–Crippen LogP) is 1.69. The lowest BCUT2D eigenvalue weighted by molar-refractivity contribution is -0.136. The lowest BCUT2D eigenvalue weighted by Crippen LogP contribution is -2.36. The average Bonchev–Trinajstić information content (AvgIpc) is 3.06. The van der Waals surface area contributed by atoms with Gasteiger partial charge in [0, 0.05) is 6.54 Å². The number of phenolic OH excluding ortho intramolecular Hbond substituents is 1. The molecule has 122 valence electrons. The maximum Gasteiger partial charge on any atom is 0.313 e. The zero-order valence-corrected chi connectivity index (χ0v) is 13.3. The number of rotatable bonds is 4. The number of hydrogen-bond acceptors (Lipinski definition) is 6. The van der Waals surface area contributed by atoms with Gasteiger partial charge in [-0.2, -0.15) is 8.75 Å². The lowest BCUT2D eigenvalue weighted by Gasteiger charge is -2.07. The topological polar surface area (TPSA) is 104 Å². The van der Waals surface area contributed by atoms with Gasteiger partial charge < -0.3 is 15.7 Å². The highest BCUT2D eigenvalue weighted by Gasteiger charge is 2.15. The Morgan fingerprint density at radius 2 is 1.83 bits per heavy atom. The Balaban J connectivity index is 1.54. The van der Waals surface area contributed by atoms with Crippen LogP contribution in [0.5, 0.6) is 5.75 Å². The summed E-state index contributed by atoms with van der Waals surface area (Å²) in [5.74, 6) is -1.27. The summed E-state index contributed by atoms with van der Waals surface area (Å²) in [5.41, 5.74) is 2.64. The van der Waals surface area contributed by atoms with Gasteiger partial charge >= 0.3 is 11.8 Å². The molecule has 3 N–H and O–H groups in total. The van der Waals surface area contributed by atoms with Crippen molar-refractivity contribution >= 4 is 40.3 Å². The summed E-state index contributed by atoms with van der Waals surface area (Å²) in [6.07, 6.45) is 0.560. The molecule has 24 heavy (non-hydrogen) atoms. The van der Waals surface area contributed by atoms with Crippen LogP contribution in [0.1, 0.15) is 5.56 Å². The lowest BCUT2D eigenvalue weighted by atomic mass is 10.1. The van der Waals surface area contributed by atoms with Crippen molar-refractivity contribution in [2.45, 2.75) is 6.42 Å². The zero-order valence-electron chi connectivity index (χ0n) is 12.5. The van der Waals surface area contributed by atoms with Crippen molar-refractivity contribution in [3.63, 3.8) is 0 Å². The van der Waals surface area contributed by atoms with Crippen LogP contribution < -0.4 is 10.6 Å². The molecule has 3 rings (SSSR count). The first-order chi connectivity index (χ1) is 11.6. The molecule has 2 aromatic carbocycles. The molecule has 0 saturated heterocycles. The van der Waals surface area contributed by atoms with Gasteiger partial charge in [-0.25, -0.2) is 0 Å². The summed E-state index contributed by atoms with van der Waals surface area (Å²) < 4.78 is 8.19. The second-order valence-corrected chi connectivity index (χ2v) is 5.59. The molecule has 0 aliphatic carbocycles. The Bertz CT molecular complexity index is 876. The highest BCUT2D eigenvalue weighted by atomic mass is 32.1. The van der Waals surface area contributed by atoms with E-state index >= 15 is 0 Å². The highest BCUT2D eigenvalue weighted by molar-refractivity contribution is 7.00. The molecular formula is C16H14N4O3S. The van der Waals surface area contributed by atoms with E-state index < -0.39 is 11.8 Å². The van der Waals surface area contributed by atoms with Crippen LogP contribution in [0.4, 0.5) is 5.69 Å². The molecule has 0 saturated carbocycles. The first kappa shape index (κ1) is 15.9. The molecule has 0 spiro atoms. The van der Waals surface area contributed by atoms with E-state index in [9.17, 15) is 14.7 Å². The highest BCUT2D eigenvalue weighted by Crippen LogP contribution is 2.20. The monoisotopic (exact) mass is 342 g/mol. The predicted molar refractivity (Wildman–Crippen MR) is 90.9 cm³/mol. The quantitative estimate of drug-likeness (QED) is 0.626. The normalized spacial score (nSPS) is 10.5. The largest absolute Gasteiger partial charge is 0.508 e. The Hall–Kier alpha value is -3.00. The molecule has 0 aliphatic heterocycles. The fourth-order valence-corrected chi connectivity index (χ4v) is 2.70. The standard InChI is InChI=1S/C16H14N4O3S/c21-11-6-4-10(5-7-11)8-9-17-15(22)16(23)18-12-2-1-3-13-14(12)20-24-19-13/h1-7,21H,8-9H2,(H,17,22)(H,18,23). The molecule has 8 heteroatoms. The molecule has 0 atom stereocenters. The molecule has 0 bridgehead atoms. The summed E-state index contributed by atoms with van der Waals surface area (Å²) in [6, 6.07) is 11.9. The Kier molecular flexibility index (Phi) is 4.66. The fourth-order valence-electron chi connectivity index (χ4n) is 2.15. The van der Waals surface area contributed by atoms with Crippen LogP contribution >= 0.6 is 11.7 Å². The number of benzene rings is 2. The van der Waals surface area contributed by atoms with Crippen LogP contribution in [0.25, 0.3) is 11.0 Å². The first-order valence-electron chi connectivity index (χ1n) is 7.22. The fraction of sp³-hybridized carbons (Fsp3) is 0.125. The number of nitrogens with one attached hydrogen (secondary N) is 2. The van der Waals surface area contributed by atoms with E-state index in [2.05, 4.69) is 19.4 Å². The third-order valence-electron chi connectivity index (χ3n) is 3.38. The Morgan fingerprint density at radius 3 is 2.62 bits per heavy atom. The third-order valence-corrected chi connectivity index (χ3v) is 3.92. The van der Waals surface area contributed by atoms with Crippen molar-refractivity contribution in [2.75, 3.05) is 11.9 Å². The molecule has 7 nitrogen and oxygen atoms in total. The summed E-state index contributed by atoms with van der Waals surface area (Å²) in [5, 5.41) is 14.3. The van der Waals surface area contributed by atoms with Crippen LogP contribution in [0.15, 0.2) is 42.5 Å². The SMILES string of the molecule is O=C(NCCc1ccc(O)cc1)C(=O)Nc1cccc2nsnc12. The molecular weight excluding hydrogens is 328 g/mol. The van der Waals surface area contributed by atoms with E-state index in [1.54, 1.807) is 42.5 Å². The zero-order chi connectivity index (χ0) is 16.9. The van der Waals surface area contributed by atoms with E-state index in [1.165, 1.54) is 0 Å². The number of phenols is 1. The molecule has 0 fully saturated rings. The van der Waals surface area contributed by atoms with Gasteiger partial charge in [-0.05, 0) is 36.2 Å². The van der Waals surface area contributed by atoms with Crippen molar-refractivity contribution in [3.05, 3.63) is 48.0 Å². The number of carbonyl (C=O) groups excluding carboxylic acids is 2. The number of amides is 2. The van der Waals surface area contributed by atoms with E-state index in [-0.39, 0.29) is 5.75 Å². The number of carbonyl (C=O) groups is 2. The van der Waals surface area contributed by atoms with Gasteiger partial charge in [-0.15, -0.1) is 0 Å². The molecule has 2 amide bonds. The van der Waals surface area contributed by atoms with Crippen molar-refractivity contribution < 1.29 is 14.7 Å². The second-order valence-electron chi connectivity index (χ2n) is 5.06. The summed E-state index contributed by atoms with van der Waals surface area (Å²) >= 11 is 1.05. The molecule has 1 aromatic heterocycles. The van der Waals surface area contributed by atoms with Gasteiger partial charge in [-0.1, -0.05) is 18.2 Å². The number of anilines is 1. The van der Waals surface area contributed by atoms with Crippen LogP contribution in [0.3, 0.4) is 0 Å². The average molecular weight is 342 g/mol. The molecule has 0 unspecified atom stereocenters. The Morgan fingerprint density at radius 1 is 1.04 bits per heavy atom. The van der Waals surface area contributed by atoms with E-state index in [1.807, 2.05) is 0 Å². The van der Waals surface area contributed by atoms with Crippen molar-refractivity contribution in [3.8, 4) is 5.75 Å². The molecule has 3 aromatic rings. The van der Waals surface area contributed by atoms with Gasteiger partial charge in [0.25, 0.3) is 0 Å². The van der Waals surface area contributed by atoms with Crippen molar-refractivity contribution in [1.29, 1.82) is 0 Å². The van der Waals surface area contributed by atoms with Crippen LogP contribution in [0.2, 0.25) is 0 Å². The van der Waals surface area contributed by atoms with Gasteiger partial charge in [-0.3, -0.25) is 9.59 Å². The molecule has 0 aliphatic rings. The molecule has 0 radical (unpaired) electrons. The van der Waals surface area contributed by atoms with Gasteiger partial charge in [0.2, 0.25) is 0 Å². The van der Waals surface area contributed by atoms with E-state index in [0.717, 1.165) is 17.3 Å². The summed E-state index contributed by atoms with van der Waals surface area (Å²) in [6.45, 7) is 0.319. The second kappa shape index (κ2) is 7.05. The van der Waals surface area contributed by atoms with Crippen LogP contribution in [0, 0.1) is 0 Å². The number of hydrogen-bond donors (Lipinski definition) is 3. The number of nitrogens with zero attached hydrogens (tertiary/aromatic N) is 2. The number of aromatic hydroxyl groups is 1. The van der Waals surface area contributed by atoms with E-state index in [0.29, 0.717) is 29.7 Å². The number of aromatic nitrogens is 2. The van der Waals surface area contributed by atoms with Crippen molar-refractivity contribution in [1.82, 2.24) is 14.1 Å². The minimum absolute atomic E-state index is 0.188. The first-order valence-corrected chi connectivity index (χ1v) is 7.95. The van der Waals surface area contributed by atoms with Gasteiger partial charge in [0.05, 0.1) is 17.4 Å². The summed E-state index contributed by atoms with van der Waals surface area (Å²) in [7, 11) is 0. The van der Waals surface area contributed by atoms with Crippen LogP contribution in [-0.4, -0.2) is 32.2 Å². The smallest absolute Gasteiger partial charge is 0.313 e. The minimum Gasteiger partial charge on any atom is -0.508 e.